The van der Waals surface area contributed by atoms with Crippen molar-refractivity contribution in [1.82, 2.24) is 9.78 Å². The Kier molecular flexibility index (Phi) is 3.87. The first kappa shape index (κ1) is 13.3. The first-order valence-corrected chi connectivity index (χ1v) is 7.29. The highest BCUT2D eigenvalue weighted by atomic mass is 79.9. The zero-order valence-electron chi connectivity index (χ0n) is 10.4. The summed E-state index contributed by atoms with van der Waals surface area (Å²) in [5.41, 5.74) is 7.95. The van der Waals surface area contributed by atoms with E-state index >= 15 is 0 Å². The van der Waals surface area contributed by atoms with E-state index in [2.05, 4.69) is 27.1 Å². The predicted octanol–water partition coefficient (Wildman–Crippen LogP) is 3.16. The van der Waals surface area contributed by atoms with Crippen LogP contribution in [0.2, 0.25) is 0 Å². The molecule has 0 aliphatic carbocycles. The van der Waals surface area contributed by atoms with Crippen LogP contribution in [0, 0.1) is 0 Å². The number of benzene rings is 1. The molecule has 0 fully saturated rings. The van der Waals surface area contributed by atoms with Gasteiger partial charge in [0.25, 0.3) is 0 Å². The van der Waals surface area contributed by atoms with E-state index in [9.17, 15) is 0 Å². The SMILES string of the molecule is COc1c(Br)cc(-c2cnn(C)c2N)cc1SC. The molecule has 18 heavy (non-hydrogen) atoms. The largest absolute Gasteiger partial charge is 0.494 e. The number of ether oxygens (including phenoxy) is 1. The summed E-state index contributed by atoms with van der Waals surface area (Å²) in [6, 6.07) is 4.05. The minimum absolute atomic E-state index is 0.652. The number of nitrogen functional groups attached to an aromatic ring is 1. The van der Waals surface area contributed by atoms with Gasteiger partial charge in [0.2, 0.25) is 0 Å². The molecule has 0 unspecified atom stereocenters. The van der Waals surface area contributed by atoms with Crippen molar-refractivity contribution in [2.75, 3.05) is 19.1 Å². The molecular formula is C12H14BrN3OS. The summed E-state index contributed by atoms with van der Waals surface area (Å²) in [4.78, 5) is 1.06. The lowest BCUT2D eigenvalue weighted by molar-refractivity contribution is 0.402. The Hall–Kier alpha value is -1.14. The number of nitrogens with zero attached hydrogens (tertiary/aromatic N) is 2. The third kappa shape index (κ3) is 2.22. The quantitative estimate of drug-likeness (QED) is 0.880. The third-order valence-electron chi connectivity index (χ3n) is 2.73. The van der Waals surface area contributed by atoms with Gasteiger partial charge in [-0.3, -0.25) is 4.68 Å². The van der Waals surface area contributed by atoms with E-state index in [1.807, 2.05) is 19.4 Å². The van der Waals surface area contributed by atoms with Crippen molar-refractivity contribution in [3.05, 3.63) is 22.8 Å². The number of halogens is 1. The summed E-state index contributed by atoms with van der Waals surface area (Å²) in [6.45, 7) is 0. The molecule has 0 saturated carbocycles. The van der Waals surface area contributed by atoms with Gasteiger partial charge < -0.3 is 10.5 Å². The van der Waals surface area contributed by atoms with E-state index in [-0.39, 0.29) is 0 Å². The topological polar surface area (TPSA) is 53.1 Å². The zero-order valence-corrected chi connectivity index (χ0v) is 12.8. The Labute approximate surface area is 119 Å². The molecule has 2 aromatic rings. The van der Waals surface area contributed by atoms with Crippen molar-refractivity contribution < 1.29 is 4.74 Å². The van der Waals surface area contributed by atoms with E-state index in [1.165, 1.54) is 0 Å². The number of anilines is 1. The second-order valence-corrected chi connectivity index (χ2v) is 5.46. The standard InChI is InChI=1S/C12H14BrN3OS/c1-16-12(14)8(6-15-16)7-4-9(13)11(17-2)10(5-7)18-3/h4-6H,14H2,1-3H3. The number of aromatic nitrogens is 2. The number of methoxy groups -OCH3 is 1. The van der Waals surface area contributed by atoms with E-state index in [0.29, 0.717) is 5.82 Å². The van der Waals surface area contributed by atoms with Gasteiger partial charge >= 0.3 is 0 Å². The highest BCUT2D eigenvalue weighted by molar-refractivity contribution is 9.10. The van der Waals surface area contributed by atoms with Gasteiger partial charge in [0.05, 0.1) is 22.7 Å². The number of hydrogen-bond acceptors (Lipinski definition) is 4. The Balaban J connectivity index is 2.59. The monoisotopic (exact) mass is 327 g/mol. The fourth-order valence-electron chi connectivity index (χ4n) is 1.74. The van der Waals surface area contributed by atoms with Gasteiger partial charge in [-0.15, -0.1) is 11.8 Å². The predicted molar refractivity (Wildman–Crippen MR) is 79.1 cm³/mol. The molecule has 0 amide bonds. The summed E-state index contributed by atoms with van der Waals surface area (Å²) in [6.07, 6.45) is 3.79. The van der Waals surface area contributed by atoms with Crippen molar-refractivity contribution in [3.8, 4) is 16.9 Å². The molecule has 0 atom stereocenters. The maximum atomic E-state index is 5.99. The van der Waals surface area contributed by atoms with Crippen LogP contribution in [-0.4, -0.2) is 23.1 Å². The molecule has 0 aliphatic rings. The van der Waals surface area contributed by atoms with Crippen molar-refractivity contribution >= 4 is 33.5 Å². The molecule has 1 heterocycles. The first-order chi connectivity index (χ1) is 8.58. The van der Waals surface area contributed by atoms with Gasteiger partial charge in [0.15, 0.2) is 0 Å². The summed E-state index contributed by atoms with van der Waals surface area (Å²) in [7, 11) is 3.49. The Morgan fingerprint density at radius 2 is 2.17 bits per heavy atom. The van der Waals surface area contributed by atoms with Crippen LogP contribution < -0.4 is 10.5 Å². The molecule has 0 aliphatic heterocycles. The van der Waals surface area contributed by atoms with Crippen LogP contribution in [0.25, 0.3) is 11.1 Å². The second-order valence-electron chi connectivity index (χ2n) is 3.76. The Morgan fingerprint density at radius 3 is 2.67 bits per heavy atom. The van der Waals surface area contributed by atoms with Crippen LogP contribution in [-0.2, 0) is 7.05 Å². The molecule has 0 spiro atoms. The molecule has 1 aromatic carbocycles. The Bertz CT molecular complexity index is 583. The van der Waals surface area contributed by atoms with Gasteiger partial charge in [0, 0.05) is 12.6 Å². The van der Waals surface area contributed by atoms with Crippen LogP contribution in [0.15, 0.2) is 27.7 Å². The molecule has 0 bridgehead atoms. The molecule has 1 aromatic heterocycles. The highest BCUT2D eigenvalue weighted by Crippen LogP contribution is 2.39. The number of hydrogen-bond donors (Lipinski definition) is 1. The Morgan fingerprint density at radius 1 is 1.44 bits per heavy atom. The number of rotatable bonds is 3. The molecule has 2 N–H and O–H groups in total. The van der Waals surface area contributed by atoms with Gasteiger partial charge in [-0.25, -0.2) is 0 Å². The maximum Gasteiger partial charge on any atom is 0.146 e. The lowest BCUT2D eigenvalue weighted by Gasteiger charge is -2.11. The van der Waals surface area contributed by atoms with Gasteiger partial charge in [-0.1, -0.05) is 0 Å². The van der Waals surface area contributed by atoms with Crippen LogP contribution in [0.5, 0.6) is 5.75 Å². The first-order valence-electron chi connectivity index (χ1n) is 5.27. The minimum Gasteiger partial charge on any atom is -0.494 e. The fourth-order valence-corrected chi connectivity index (χ4v) is 3.12. The van der Waals surface area contributed by atoms with E-state index in [4.69, 9.17) is 10.5 Å². The third-order valence-corrected chi connectivity index (χ3v) is 4.06. The van der Waals surface area contributed by atoms with Crippen molar-refractivity contribution in [3.63, 3.8) is 0 Å². The average molecular weight is 328 g/mol. The van der Waals surface area contributed by atoms with Crippen LogP contribution in [0.4, 0.5) is 5.82 Å². The second kappa shape index (κ2) is 5.24. The van der Waals surface area contributed by atoms with Crippen LogP contribution in [0.3, 0.4) is 0 Å². The van der Waals surface area contributed by atoms with Crippen molar-refractivity contribution in [2.45, 2.75) is 4.90 Å². The molecule has 6 heteroatoms. The highest BCUT2D eigenvalue weighted by Gasteiger charge is 2.13. The molecule has 0 radical (unpaired) electrons. The lowest BCUT2D eigenvalue weighted by Crippen LogP contribution is -1.98. The van der Waals surface area contributed by atoms with E-state index < -0.39 is 0 Å². The molecule has 2 rings (SSSR count). The summed E-state index contributed by atoms with van der Waals surface area (Å²) >= 11 is 5.15. The van der Waals surface area contributed by atoms with Crippen LogP contribution >= 0.6 is 27.7 Å². The molecule has 0 saturated heterocycles. The fraction of sp³-hybridized carbons (Fsp3) is 0.250. The van der Waals surface area contributed by atoms with Gasteiger partial charge in [-0.05, 0) is 39.9 Å². The molecule has 4 nitrogen and oxygen atoms in total. The summed E-state index contributed by atoms with van der Waals surface area (Å²) in [5, 5.41) is 4.16. The number of nitrogens with two attached hydrogens (primary N) is 1. The van der Waals surface area contributed by atoms with E-state index in [1.54, 1.807) is 29.8 Å². The summed E-state index contributed by atoms with van der Waals surface area (Å²) in [5.74, 6) is 1.49. The van der Waals surface area contributed by atoms with Crippen molar-refractivity contribution in [2.24, 2.45) is 7.05 Å². The normalized spacial score (nSPS) is 10.7. The molecular weight excluding hydrogens is 314 g/mol. The van der Waals surface area contributed by atoms with Gasteiger partial charge in [0.1, 0.15) is 11.6 Å². The zero-order chi connectivity index (χ0) is 13.3. The average Bonchev–Trinajstić information content (AvgIpc) is 2.69. The number of thioether (sulfide) groups is 1. The van der Waals surface area contributed by atoms with E-state index in [0.717, 1.165) is 26.2 Å². The van der Waals surface area contributed by atoms with Crippen molar-refractivity contribution in [1.29, 1.82) is 0 Å². The number of aryl methyl sites for hydroxylation is 1. The summed E-state index contributed by atoms with van der Waals surface area (Å²) < 4.78 is 7.94. The van der Waals surface area contributed by atoms with Gasteiger partial charge in [-0.2, -0.15) is 5.10 Å². The van der Waals surface area contributed by atoms with Crippen LogP contribution in [0.1, 0.15) is 0 Å². The minimum atomic E-state index is 0.652. The smallest absolute Gasteiger partial charge is 0.146 e. The maximum absolute atomic E-state index is 5.99. The lowest BCUT2D eigenvalue weighted by atomic mass is 10.1. The molecule has 96 valence electrons.